The Hall–Kier alpha value is -0.540. The first-order valence-electron chi connectivity index (χ1n) is 6.77. The van der Waals surface area contributed by atoms with Crippen LogP contribution in [0.2, 0.25) is 0 Å². The molecule has 0 aromatic heterocycles. The summed E-state index contributed by atoms with van der Waals surface area (Å²) in [4.78, 5) is 0. The number of nitrogens with one attached hydrogen (secondary N) is 1. The molecular weight excluding hydrogens is 290 g/mol. The molecule has 1 N–H and O–H groups in total. The van der Waals surface area contributed by atoms with Crippen molar-refractivity contribution in [2.45, 2.75) is 38.1 Å². The number of methoxy groups -OCH3 is 1. The standard InChI is InChI=1S/C15H20BrNO/c1-18-14-5-2-12(16)8-11(14)9-15(6-7-15)10-17-13-3-4-13/h2,5,8,13,17H,3-4,6-7,9-10H2,1H3. The summed E-state index contributed by atoms with van der Waals surface area (Å²) in [6.45, 7) is 1.17. The summed E-state index contributed by atoms with van der Waals surface area (Å²) >= 11 is 3.55. The van der Waals surface area contributed by atoms with E-state index in [0.717, 1.165) is 22.7 Å². The molecule has 3 rings (SSSR count). The van der Waals surface area contributed by atoms with Gasteiger partial charge in [0.15, 0.2) is 0 Å². The summed E-state index contributed by atoms with van der Waals surface area (Å²) in [6, 6.07) is 7.12. The van der Waals surface area contributed by atoms with Crippen molar-refractivity contribution in [3.63, 3.8) is 0 Å². The van der Waals surface area contributed by atoms with Crippen LogP contribution in [0.1, 0.15) is 31.2 Å². The third kappa shape index (κ3) is 2.89. The maximum atomic E-state index is 5.47. The summed E-state index contributed by atoms with van der Waals surface area (Å²) in [5.74, 6) is 1.02. The number of halogens is 1. The fraction of sp³-hybridized carbons (Fsp3) is 0.600. The van der Waals surface area contributed by atoms with Crippen LogP contribution in [0.25, 0.3) is 0 Å². The van der Waals surface area contributed by atoms with E-state index in [0.29, 0.717) is 5.41 Å². The average Bonchev–Trinajstić information content (AvgIpc) is 3.23. The summed E-state index contributed by atoms with van der Waals surface area (Å²) in [5.41, 5.74) is 1.83. The molecule has 0 saturated heterocycles. The molecule has 2 aliphatic carbocycles. The molecule has 1 aromatic carbocycles. The summed E-state index contributed by atoms with van der Waals surface area (Å²) in [5, 5.41) is 3.68. The zero-order valence-corrected chi connectivity index (χ0v) is 12.4. The highest BCUT2D eigenvalue weighted by atomic mass is 79.9. The Kier molecular flexibility index (Phi) is 3.37. The highest BCUT2D eigenvalue weighted by Crippen LogP contribution is 2.49. The van der Waals surface area contributed by atoms with E-state index < -0.39 is 0 Å². The van der Waals surface area contributed by atoms with E-state index in [4.69, 9.17) is 4.74 Å². The minimum absolute atomic E-state index is 0.497. The van der Waals surface area contributed by atoms with E-state index in [1.165, 1.54) is 37.8 Å². The molecule has 98 valence electrons. The van der Waals surface area contributed by atoms with Crippen molar-refractivity contribution < 1.29 is 4.74 Å². The first kappa shape index (κ1) is 12.5. The van der Waals surface area contributed by atoms with Crippen LogP contribution in [0.3, 0.4) is 0 Å². The lowest BCUT2D eigenvalue weighted by molar-refractivity contribution is 0.396. The minimum Gasteiger partial charge on any atom is -0.496 e. The van der Waals surface area contributed by atoms with Gasteiger partial charge in [-0.3, -0.25) is 0 Å². The van der Waals surface area contributed by atoms with Crippen LogP contribution >= 0.6 is 15.9 Å². The quantitative estimate of drug-likeness (QED) is 0.868. The molecule has 2 aliphatic rings. The Morgan fingerprint density at radius 2 is 2.17 bits per heavy atom. The van der Waals surface area contributed by atoms with Crippen molar-refractivity contribution in [1.29, 1.82) is 0 Å². The van der Waals surface area contributed by atoms with Gasteiger partial charge < -0.3 is 10.1 Å². The molecular formula is C15H20BrNO. The SMILES string of the molecule is COc1ccc(Br)cc1CC1(CNC2CC2)CC1. The lowest BCUT2D eigenvalue weighted by Gasteiger charge is -2.18. The third-order valence-corrected chi connectivity index (χ3v) is 4.60. The topological polar surface area (TPSA) is 21.3 Å². The monoisotopic (exact) mass is 309 g/mol. The largest absolute Gasteiger partial charge is 0.496 e. The van der Waals surface area contributed by atoms with E-state index in [1.807, 2.05) is 6.07 Å². The highest BCUT2D eigenvalue weighted by molar-refractivity contribution is 9.10. The first-order chi connectivity index (χ1) is 8.71. The van der Waals surface area contributed by atoms with Gasteiger partial charge in [-0.1, -0.05) is 15.9 Å². The fourth-order valence-electron chi connectivity index (χ4n) is 2.53. The predicted molar refractivity (Wildman–Crippen MR) is 77.1 cm³/mol. The van der Waals surface area contributed by atoms with Gasteiger partial charge in [0.05, 0.1) is 7.11 Å². The first-order valence-corrected chi connectivity index (χ1v) is 7.56. The molecule has 0 aliphatic heterocycles. The second-order valence-electron chi connectivity index (χ2n) is 5.79. The van der Waals surface area contributed by atoms with Gasteiger partial charge in [0.1, 0.15) is 5.75 Å². The molecule has 2 nitrogen and oxygen atoms in total. The Balaban J connectivity index is 1.68. The molecule has 1 aromatic rings. The van der Waals surface area contributed by atoms with Crippen LogP contribution in [0.4, 0.5) is 0 Å². The van der Waals surface area contributed by atoms with Crippen LogP contribution in [0.15, 0.2) is 22.7 Å². The zero-order valence-electron chi connectivity index (χ0n) is 10.8. The van der Waals surface area contributed by atoms with Crippen molar-refractivity contribution >= 4 is 15.9 Å². The van der Waals surface area contributed by atoms with Gasteiger partial charge in [0, 0.05) is 17.1 Å². The molecule has 0 bridgehead atoms. The molecule has 0 unspecified atom stereocenters. The van der Waals surface area contributed by atoms with E-state index in [9.17, 15) is 0 Å². The summed E-state index contributed by atoms with van der Waals surface area (Å²) in [7, 11) is 1.76. The van der Waals surface area contributed by atoms with Crippen molar-refractivity contribution in [2.75, 3.05) is 13.7 Å². The van der Waals surface area contributed by atoms with Crippen LogP contribution in [-0.2, 0) is 6.42 Å². The second-order valence-corrected chi connectivity index (χ2v) is 6.70. The van der Waals surface area contributed by atoms with Gasteiger partial charge in [-0.15, -0.1) is 0 Å². The maximum absolute atomic E-state index is 5.47. The van der Waals surface area contributed by atoms with Crippen molar-refractivity contribution in [3.05, 3.63) is 28.2 Å². The Morgan fingerprint density at radius 3 is 2.78 bits per heavy atom. The molecule has 0 amide bonds. The van der Waals surface area contributed by atoms with Crippen molar-refractivity contribution in [3.8, 4) is 5.75 Å². The van der Waals surface area contributed by atoms with Crippen molar-refractivity contribution in [1.82, 2.24) is 5.32 Å². The van der Waals surface area contributed by atoms with Crippen LogP contribution in [0.5, 0.6) is 5.75 Å². The summed E-state index contributed by atoms with van der Waals surface area (Å²) in [6.07, 6.45) is 6.58. The van der Waals surface area contributed by atoms with E-state index in [1.54, 1.807) is 7.11 Å². The molecule has 2 saturated carbocycles. The smallest absolute Gasteiger partial charge is 0.122 e. The Labute approximate surface area is 117 Å². The Bertz CT molecular complexity index is 438. The third-order valence-electron chi connectivity index (χ3n) is 4.11. The van der Waals surface area contributed by atoms with Crippen LogP contribution in [0, 0.1) is 5.41 Å². The van der Waals surface area contributed by atoms with Gasteiger partial charge in [0.25, 0.3) is 0 Å². The fourth-order valence-corrected chi connectivity index (χ4v) is 2.94. The molecule has 0 radical (unpaired) electrons. The molecule has 2 fully saturated rings. The van der Waals surface area contributed by atoms with Gasteiger partial charge in [-0.2, -0.15) is 0 Å². The lowest BCUT2D eigenvalue weighted by atomic mass is 9.95. The van der Waals surface area contributed by atoms with Gasteiger partial charge in [0.2, 0.25) is 0 Å². The normalized spacial score (nSPS) is 20.8. The zero-order chi connectivity index (χ0) is 12.6. The van der Waals surface area contributed by atoms with Gasteiger partial charge in [-0.25, -0.2) is 0 Å². The number of benzene rings is 1. The number of hydrogen-bond donors (Lipinski definition) is 1. The molecule has 0 atom stereocenters. The minimum atomic E-state index is 0.497. The van der Waals surface area contributed by atoms with E-state index in [-0.39, 0.29) is 0 Å². The van der Waals surface area contributed by atoms with Crippen LogP contribution in [-0.4, -0.2) is 19.7 Å². The average molecular weight is 310 g/mol. The highest BCUT2D eigenvalue weighted by Gasteiger charge is 2.43. The van der Waals surface area contributed by atoms with Gasteiger partial charge >= 0.3 is 0 Å². The molecule has 0 heterocycles. The lowest BCUT2D eigenvalue weighted by Crippen LogP contribution is -2.27. The molecule has 3 heteroatoms. The predicted octanol–water partition coefficient (Wildman–Crippen LogP) is 3.53. The van der Waals surface area contributed by atoms with E-state index >= 15 is 0 Å². The van der Waals surface area contributed by atoms with Crippen LogP contribution < -0.4 is 10.1 Å². The maximum Gasteiger partial charge on any atom is 0.122 e. The molecule has 0 spiro atoms. The molecule has 18 heavy (non-hydrogen) atoms. The number of rotatable bonds is 6. The van der Waals surface area contributed by atoms with Crippen molar-refractivity contribution in [2.24, 2.45) is 5.41 Å². The number of hydrogen-bond acceptors (Lipinski definition) is 2. The summed E-state index contributed by atoms with van der Waals surface area (Å²) < 4.78 is 6.61. The Morgan fingerprint density at radius 1 is 1.39 bits per heavy atom. The van der Waals surface area contributed by atoms with Gasteiger partial charge in [-0.05, 0) is 61.3 Å². The number of ether oxygens (including phenoxy) is 1. The second kappa shape index (κ2) is 4.86. The van der Waals surface area contributed by atoms with E-state index in [2.05, 4.69) is 33.4 Å².